The SMILES string of the molecule is CCCOc1ccc(NC(=O)C[C@H]2C(=O)N(c3ccc(OC)c(Cl)c3)C(=S)N2CCNC(C)=O)cc1. The van der Waals surface area contributed by atoms with Gasteiger partial charge in [-0.25, -0.2) is 0 Å². The van der Waals surface area contributed by atoms with Gasteiger partial charge in [0.2, 0.25) is 11.8 Å². The van der Waals surface area contributed by atoms with E-state index < -0.39 is 6.04 Å². The minimum absolute atomic E-state index is 0.131. The Morgan fingerprint density at radius 1 is 1.17 bits per heavy atom. The van der Waals surface area contributed by atoms with Crippen LogP contribution in [0.15, 0.2) is 42.5 Å². The van der Waals surface area contributed by atoms with Crippen molar-refractivity contribution in [3.63, 3.8) is 0 Å². The zero-order valence-electron chi connectivity index (χ0n) is 20.4. The van der Waals surface area contributed by atoms with Gasteiger partial charge in [-0.05, 0) is 61.1 Å². The Bertz CT molecular complexity index is 1130. The number of nitrogens with one attached hydrogen (secondary N) is 2. The van der Waals surface area contributed by atoms with Gasteiger partial charge in [0.05, 0.1) is 30.8 Å². The molecule has 2 aromatic rings. The van der Waals surface area contributed by atoms with Crippen LogP contribution in [-0.2, 0) is 14.4 Å². The van der Waals surface area contributed by atoms with Crippen molar-refractivity contribution in [2.75, 3.05) is 37.0 Å². The van der Waals surface area contributed by atoms with Gasteiger partial charge < -0.3 is 25.0 Å². The number of hydrogen-bond donors (Lipinski definition) is 2. The third kappa shape index (κ3) is 6.64. The predicted octanol–water partition coefficient (Wildman–Crippen LogP) is 3.60. The van der Waals surface area contributed by atoms with Gasteiger partial charge in [0.25, 0.3) is 5.91 Å². The Balaban J connectivity index is 1.77. The number of benzene rings is 2. The Labute approximate surface area is 220 Å². The van der Waals surface area contributed by atoms with E-state index in [2.05, 4.69) is 10.6 Å². The fourth-order valence-electron chi connectivity index (χ4n) is 3.71. The van der Waals surface area contributed by atoms with Gasteiger partial charge in [-0.1, -0.05) is 18.5 Å². The molecule has 2 aromatic carbocycles. The van der Waals surface area contributed by atoms with Crippen LogP contribution < -0.4 is 25.0 Å². The number of carbonyl (C=O) groups is 3. The molecule has 1 fully saturated rings. The largest absolute Gasteiger partial charge is 0.495 e. The zero-order chi connectivity index (χ0) is 26.2. The van der Waals surface area contributed by atoms with E-state index in [4.69, 9.17) is 33.3 Å². The molecule has 11 heteroatoms. The summed E-state index contributed by atoms with van der Waals surface area (Å²) in [6.07, 6.45) is 0.765. The van der Waals surface area contributed by atoms with Gasteiger partial charge in [-0.2, -0.15) is 0 Å². The summed E-state index contributed by atoms with van der Waals surface area (Å²) >= 11 is 11.9. The predicted molar refractivity (Wildman–Crippen MR) is 143 cm³/mol. The standard InChI is InChI=1S/C25H29ClN4O5S/c1-4-13-35-19-8-5-17(6-9-19)28-23(32)15-21-24(33)30(18-7-10-22(34-3)20(26)14-18)25(36)29(21)12-11-27-16(2)31/h5-10,14,21H,4,11-13,15H2,1-3H3,(H,27,31)(H,28,32)/t21-/m0/s1. The average Bonchev–Trinajstić information content (AvgIpc) is 3.07. The molecule has 0 unspecified atom stereocenters. The monoisotopic (exact) mass is 532 g/mol. The molecule has 0 saturated carbocycles. The summed E-state index contributed by atoms with van der Waals surface area (Å²) in [5.74, 6) is 0.262. The van der Waals surface area contributed by atoms with Crippen molar-refractivity contribution >= 4 is 58.0 Å². The summed E-state index contributed by atoms with van der Waals surface area (Å²) in [4.78, 5) is 40.7. The summed E-state index contributed by atoms with van der Waals surface area (Å²) in [7, 11) is 1.50. The second-order valence-corrected chi connectivity index (χ2v) is 8.86. The lowest BCUT2D eigenvalue weighted by Gasteiger charge is -2.24. The molecule has 2 N–H and O–H groups in total. The molecule has 1 aliphatic heterocycles. The number of rotatable bonds is 11. The molecule has 0 radical (unpaired) electrons. The first kappa shape index (κ1) is 27.2. The van der Waals surface area contributed by atoms with Crippen LogP contribution in [0.3, 0.4) is 0 Å². The molecule has 0 aromatic heterocycles. The first-order valence-corrected chi connectivity index (χ1v) is 12.3. The number of methoxy groups -OCH3 is 1. The van der Waals surface area contributed by atoms with E-state index in [0.29, 0.717) is 34.5 Å². The molecule has 36 heavy (non-hydrogen) atoms. The average molecular weight is 533 g/mol. The van der Waals surface area contributed by atoms with Crippen molar-refractivity contribution in [3.8, 4) is 11.5 Å². The smallest absolute Gasteiger partial charge is 0.256 e. The van der Waals surface area contributed by atoms with Crippen LogP contribution in [0.1, 0.15) is 26.7 Å². The van der Waals surface area contributed by atoms with Crippen LogP contribution >= 0.6 is 23.8 Å². The molecule has 0 aliphatic carbocycles. The first-order valence-electron chi connectivity index (χ1n) is 11.5. The van der Waals surface area contributed by atoms with Gasteiger partial charge >= 0.3 is 0 Å². The van der Waals surface area contributed by atoms with Gasteiger partial charge in [0.1, 0.15) is 17.5 Å². The number of nitrogens with zero attached hydrogens (tertiary/aromatic N) is 2. The maximum Gasteiger partial charge on any atom is 0.256 e. The van der Waals surface area contributed by atoms with Crippen molar-refractivity contribution in [1.29, 1.82) is 0 Å². The Hall–Kier alpha value is -3.37. The summed E-state index contributed by atoms with van der Waals surface area (Å²) in [5, 5.41) is 6.06. The number of hydrogen-bond acceptors (Lipinski definition) is 6. The zero-order valence-corrected chi connectivity index (χ0v) is 21.9. The van der Waals surface area contributed by atoms with Crippen LogP contribution in [0.4, 0.5) is 11.4 Å². The molecular formula is C25H29ClN4O5S. The quantitative estimate of drug-likeness (QED) is 0.426. The molecule has 192 valence electrons. The van der Waals surface area contributed by atoms with E-state index in [9.17, 15) is 14.4 Å². The molecule has 0 bridgehead atoms. The lowest BCUT2D eigenvalue weighted by Crippen LogP contribution is -2.42. The third-order valence-electron chi connectivity index (χ3n) is 5.43. The summed E-state index contributed by atoms with van der Waals surface area (Å²) in [6, 6.07) is 11.1. The maximum atomic E-state index is 13.5. The Morgan fingerprint density at radius 3 is 2.50 bits per heavy atom. The molecule has 3 rings (SSSR count). The number of ether oxygens (including phenoxy) is 2. The number of carbonyl (C=O) groups excluding carboxylic acids is 3. The second-order valence-electron chi connectivity index (χ2n) is 8.09. The summed E-state index contributed by atoms with van der Waals surface area (Å²) in [6.45, 7) is 4.56. The van der Waals surface area contributed by atoms with Crippen molar-refractivity contribution in [1.82, 2.24) is 10.2 Å². The van der Waals surface area contributed by atoms with Crippen LogP contribution in [0, 0.1) is 0 Å². The van der Waals surface area contributed by atoms with E-state index in [1.54, 1.807) is 47.4 Å². The van der Waals surface area contributed by atoms with Crippen molar-refractivity contribution in [3.05, 3.63) is 47.5 Å². The fraction of sp³-hybridized carbons (Fsp3) is 0.360. The molecule has 0 spiro atoms. The van der Waals surface area contributed by atoms with Gasteiger partial charge in [-0.3, -0.25) is 19.3 Å². The normalized spacial score (nSPS) is 15.2. The number of anilines is 2. The Kier molecular flexibility index (Phi) is 9.49. The van der Waals surface area contributed by atoms with Crippen LogP contribution in [0.2, 0.25) is 5.02 Å². The maximum absolute atomic E-state index is 13.5. The van der Waals surface area contributed by atoms with Crippen LogP contribution in [0.5, 0.6) is 11.5 Å². The highest BCUT2D eigenvalue weighted by Crippen LogP contribution is 2.33. The van der Waals surface area contributed by atoms with E-state index in [0.717, 1.165) is 6.42 Å². The van der Waals surface area contributed by atoms with E-state index in [1.165, 1.54) is 18.9 Å². The van der Waals surface area contributed by atoms with Crippen molar-refractivity contribution in [2.45, 2.75) is 32.7 Å². The highest BCUT2D eigenvalue weighted by atomic mass is 35.5. The van der Waals surface area contributed by atoms with Crippen molar-refractivity contribution in [2.24, 2.45) is 0 Å². The lowest BCUT2D eigenvalue weighted by atomic mass is 10.1. The third-order valence-corrected chi connectivity index (χ3v) is 6.14. The highest BCUT2D eigenvalue weighted by molar-refractivity contribution is 7.80. The molecule has 1 atom stereocenters. The number of amides is 3. The lowest BCUT2D eigenvalue weighted by molar-refractivity contribution is -0.124. The molecular weight excluding hydrogens is 504 g/mol. The topological polar surface area (TPSA) is 100 Å². The molecule has 3 amide bonds. The van der Waals surface area contributed by atoms with Gasteiger partial charge in [-0.15, -0.1) is 0 Å². The Morgan fingerprint density at radius 2 is 1.89 bits per heavy atom. The molecule has 9 nitrogen and oxygen atoms in total. The fourth-order valence-corrected chi connectivity index (χ4v) is 4.38. The van der Waals surface area contributed by atoms with E-state index >= 15 is 0 Å². The van der Waals surface area contributed by atoms with E-state index in [-0.39, 0.29) is 42.3 Å². The number of halogens is 1. The van der Waals surface area contributed by atoms with Crippen molar-refractivity contribution < 1.29 is 23.9 Å². The molecule has 1 heterocycles. The minimum Gasteiger partial charge on any atom is -0.495 e. The summed E-state index contributed by atoms with van der Waals surface area (Å²) in [5.41, 5.74) is 1.05. The van der Waals surface area contributed by atoms with E-state index in [1.807, 2.05) is 6.92 Å². The van der Waals surface area contributed by atoms with Gasteiger partial charge in [0.15, 0.2) is 5.11 Å². The molecule has 1 aliphatic rings. The van der Waals surface area contributed by atoms with Crippen LogP contribution in [-0.4, -0.2) is 60.6 Å². The second kappa shape index (κ2) is 12.5. The van der Waals surface area contributed by atoms with Gasteiger partial charge in [0, 0.05) is 25.7 Å². The van der Waals surface area contributed by atoms with Crippen LogP contribution in [0.25, 0.3) is 0 Å². The minimum atomic E-state index is -0.848. The number of thiocarbonyl (C=S) groups is 1. The summed E-state index contributed by atoms with van der Waals surface area (Å²) < 4.78 is 10.8. The first-order chi connectivity index (χ1) is 17.2. The highest BCUT2D eigenvalue weighted by Gasteiger charge is 2.44. The molecule has 1 saturated heterocycles.